The van der Waals surface area contributed by atoms with E-state index in [4.69, 9.17) is 9.63 Å². The Morgan fingerprint density at radius 1 is 1.53 bits per heavy atom. The summed E-state index contributed by atoms with van der Waals surface area (Å²) in [4.78, 5) is 22.4. The SMILES string of the molecule is Cc1cc(CNC(=O)N[C@H]2CC[C@@H](C(=O)O)C2)on1. The number of aromatic nitrogens is 1. The van der Waals surface area contributed by atoms with Gasteiger partial charge in [0.25, 0.3) is 0 Å². The van der Waals surface area contributed by atoms with Crippen molar-refractivity contribution in [3.63, 3.8) is 0 Å². The highest BCUT2D eigenvalue weighted by Gasteiger charge is 2.30. The first-order chi connectivity index (χ1) is 9.04. The van der Waals surface area contributed by atoms with Crippen molar-refractivity contribution in [3.05, 3.63) is 17.5 Å². The summed E-state index contributed by atoms with van der Waals surface area (Å²) in [6, 6.07) is 1.36. The molecule has 1 heterocycles. The van der Waals surface area contributed by atoms with Crippen LogP contribution in [0.25, 0.3) is 0 Å². The minimum absolute atomic E-state index is 0.0717. The summed E-state index contributed by atoms with van der Waals surface area (Å²) in [5.74, 6) is -0.549. The smallest absolute Gasteiger partial charge is 0.315 e. The highest BCUT2D eigenvalue weighted by atomic mass is 16.5. The summed E-state index contributed by atoms with van der Waals surface area (Å²) in [5.41, 5.74) is 0.761. The lowest BCUT2D eigenvalue weighted by molar-refractivity contribution is -0.141. The molecule has 0 spiro atoms. The number of carboxylic acids is 1. The zero-order valence-electron chi connectivity index (χ0n) is 10.7. The Morgan fingerprint density at radius 3 is 2.89 bits per heavy atom. The number of rotatable bonds is 4. The molecule has 104 valence electrons. The van der Waals surface area contributed by atoms with Crippen LogP contribution in [0.3, 0.4) is 0 Å². The molecule has 0 bridgehead atoms. The van der Waals surface area contributed by atoms with Crippen LogP contribution < -0.4 is 10.6 Å². The number of carbonyl (C=O) groups is 2. The molecular formula is C12H17N3O4. The lowest BCUT2D eigenvalue weighted by Crippen LogP contribution is -2.40. The van der Waals surface area contributed by atoms with Crippen LogP contribution in [-0.2, 0) is 11.3 Å². The van der Waals surface area contributed by atoms with Gasteiger partial charge in [0.05, 0.1) is 18.2 Å². The van der Waals surface area contributed by atoms with E-state index in [-0.39, 0.29) is 24.5 Å². The molecule has 7 nitrogen and oxygen atoms in total. The molecule has 19 heavy (non-hydrogen) atoms. The van der Waals surface area contributed by atoms with Crippen molar-refractivity contribution in [3.8, 4) is 0 Å². The number of carbonyl (C=O) groups excluding carboxylic acids is 1. The van der Waals surface area contributed by atoms with Crippen molar-refractivity contribution in [1.29, 1.82) is 0 Å². The molecule has 2 amide bonds. The number of urea groups is 1. The average Bonchev–Trinajstić information content (AvgIpc) is 2.96. The fourth-order valence-electron chi connectivity index (χ4n) is 2.24. The second-order valence-corrected chi connectivity index (χ2v) is 4.81. The Morgan fingerprint density at radius 2 is 2.32 bits per heavy atom. The van der Waals surface area contributed by atoms with Gasteiger partial charge < -0.3 is 20.3 Å². The van der Waals surface area contributed by atoms with Crippen LogP contribution in [0.2, 0.25) is 0 Å². The Balaban J connectivity index is 1.72. The molecule has 7 heteroatoms. The van der Waals surface area contributed by atoms with Crippen molar-refractivity contribution in [2.45, 2.75) is 38.8 Å². The third-order valence-electron chi connectivity index (χ3n) is 3.22. The number of carboxylic acid groups (broad SMARTS) is 1. The van der Waals surface area contributed by atoms with Crippen LogP contribution in [-0.4, -0.2) is 28.3 Å². The minimum Gasteiger partial charge on any atom is -0.481 e. The van der Waals surface area contributed by atoms with Gasteiger partial charge in [-0.05, 0) is 26.2 Å². The summed E-state index contributed by atoms with van der Waals surface area (Å²) >= 11 is 0. The molecule has 0 unspecified atom stereocenters. The molecule has 2 rings (SSSR count). The maximum absolute atomic E-state index is 11.6. The normalized spacial score (nSPS) is 22.2. The highest BCUT2D eigenvalue weighted by molar-refractivity contribution is 5.75. The van der Waals surface area contributed by atoms with Gasteiger partial charge in [-0.25, -0.2) is 4.79 Å². The molecule has 1 aromatic rings. The third-order valence-corrected chi connectivity index (χ3v) is 3.22. The first-order valence-corrected chi connectivity index (χ1v) is 6.24. The molecule has 1 aliphatic carbocycles. The summed E-state index contributed by atoms with van der Waals surface area (Å²) in [6.45, 7) is 2.07. The summed E-state index contributed by atoms with van der Waals surface area (Å²) in [6.07, 6.45) is 1.80. The van der Waals surface area contributed by atoms with E-state index in [2.05, 4.69) is 15.8 Å². The third kappa shape index (κ3) is 3.70. The number of amides is 2. The molecule has 0 aliphatic heterocycles. The molecule has 0 saturated heterocycles. The Hall–Kier alpha value is -2.05. The maximum atomic E-state index is 11.6. The molecular weight excluding hydrogens is 250 g/mol. The van der Waals surface area contributed by atoms with E-state index in [1.165, 1.54) is 0 Å². The van der Waals surface area contributed by atoms with Crippen LogP contribution in [0.5, 0.6) is 0 Å². The van der Waals surface area contributed by atoms with E-state index in [0.29, 0.717) is 25.0 Å². The maximum Gasteiger partial charge on any atom is 0.315 e. The molecule has 2 atom stereocenters. The van der Waals surface area contributed by atoms with E-state index in [9.17, 15) is 9.59 Å². The van der Waals surface area contributed by atoms with Crippen LogP contribution in [0.15, 0.2) is 10.6 Å². The largest absolute Gasteiger partial charge is 0.481 e. The Kier molecular flexibility index (Phi) is 4.03. The number of hydrogen-bond donors (Lipinski definition) is 3. The monoisotopic (exact) mass is 267 g/mol. The second-order valence-electron chi connectivity index (χ2n) is 4.81. The van der Waals surface area contributed by atoms with Gasteiger partial charge in [-0.15, -0.1) is 0 Å². The lowest BCUT2D eigenvalue weighted by atomic mass is 10.1. The van der Waals surface area contributed by atoms with E-state index in [1.54, 1.807) is 13.0 Å². The first kappa shape index (κ1) is 13.4. The van der Waals surface area contributed by atoms with Crippen molar-refractivity contribution >= 4 is 12.0 Å². The Labute approximate surface area is 110 Å². The first-order valence-electron chi connectivity index (χ1n) is 6.24. The van der Waals surface area contributed by atoms with Crippen LogP contribution in [0.4, 0.5) is 4.79 Å². The van der Waals surface area contributed by atoms with Crippen LogP contribution >= 0.6 is 0 Å². The zero-order valence-corrected chi connectivity index (χ0v) is 10.7. The van der Waals surface area contributed by atoms with E-state index in [1.807, 2.05) is 0 Å². The number of hydrogen-bond acceptors (Lipinski definition) is 4. The van der Waals surface area contributed by atoms with Gasteiger partial charge in [0.2, 0.25) is 0 Å². The van der Waals surface area contributed by atoms with Crippen molar-refractivity contribution in [2.75, 3.05) is 0 Å². The summed E-state index contributed by atoms with van der Waals surface area (Å²) < 4.78 is 4.96. The molecule has 0 aromatic carbocycles. The molecule has 1 fully saturated rings. The van der Waals surface area contributed by atoms with Crippen molar-refractivity contribution in [1.82, 2.24) is 15.8 Å². The summed E-state index contributed by atoms with van der Waals surface area (Å²) in [7, 11) is 0. The van der Waals surface area contributed by atoms with Gasteiger partial charge in [0.1, 0.15) is 0 Å². The van der Waals surface area contributed by atoms with E-state index >= 15 is 0 Å². The highest BCUT2D eigenvalue weighted by Crippen LogP contribution is 2.25. The van der Waals surface area contributed by atoms with E-state index < -0.39 is 5.97 Å². The molecule has 1 aromatic heterocycles. The van der Waals surface area contributed by atoms with Crippen LogP contribution in [0.1, 0.15) is 30.7 Å². The molecule has 0 radical (unpaired) electrons. The average molecular weight is 267 g/mol. The predicted molar refractivity (Wildman–Crippen MR) is 65.4 cm³/mol. The topological polar surface area (TPSA) is 104 Å². The Bertz CT molecular complexity index is 471. The standard InChI is InChI=1S/C12H17N3O4/c1-7-4-10(19-15-7)6-13-12(18)14-9-3-2-8(5-9)11(16)17/h4,8-9H,2-3,5-6H2,1H3,(H,16,17)(H2,13,14,18)/t8-,9+/m1/s1. The van der Waals surface area contributed by atoms with Gasteiger partial charge >= 0.3 is 12.0 Å². The van der Waals surface area contributed by atoms with Crippen molar-refractivity contribution in [2.24, 2.45) is 5.92 Å². The number of nitrogens with one attached hydrogen (secondary N) is 2. The number of nitrogens with zero attached hydrogens (tertiary/aromatic N) is 1. The quantitative estimate of drug-likeness (QED) is 0.756. The summed E-state index contributed by atoms with van der Waals surface area (Å²) in [5, 5.41) is 18.0. The van der Waals surface area contributed by atoms with Gasteiger partial charge in [-0.3, -0.25) is 4.79 Å². The zero-order chi connectivity index (χ0) is 13.8. The second kappa shape index (κ2) is 5.73. The van der Waals surface area contributed by atoms with Crippen molar-refractivity contribution < 1.29 is 19.2 Å². The van der Waals surface area contributed by atoms with Gasteiger partial charge in [0, 0.05) is 12.1 Å². The molecule has 1 aliphatic rings. The van der Waals surface area contributed by atoms with Gasteiger partial charge in [-0.2, -0.15) is 0 Å². The van der Waals surface area contributed by atoms with Gasteiger partial charge in [-0.1, -0.05) is 5.16 Å². The fourth-order valence-corrected chi connectivity index (χ4v) is 2.24. The van der Waals surface area contributed by atoms with Crippen LogP contribution in [0, 0.1) is 12.8 Å². The van der Waals surface area contributed by atoms with Gasteiger partial charge in [0.15, 0.2) is 5.76 Å². The number of aryl methyl sites for hydroxylation is 1. The van der Waals surface area contributed by atoms with E-state index in [0.717, 1.165) is 5.69 Å². The fraction of sp³-hybridized carbons (Fsp3) is 0.583. The number of aliphatic carboxylic acids is 1. The predicted octanol–water partition coefficient (Wildman–Crippen LogP) is 1.04. The lowest BCUT2D eigenvalue weighted by Gasteiger charge is -2.12. The molecule has 3 N–H and O–H groups in total. The minimum atomic E-state index is -0.790. The molecule has 1 saturated carbocycles.